The molecular formula is C50H89O3. The second-order valence-electron chi connectivity index (χ2n) is 16.1. The average Bonchev–Trinajstić information content (AvgIpc) is 3.16. The molecule has 3 heteroatoms. The Kier molecular flexibility index (Phi) is 43.1. The van der Waals surface area contributed by atoms with Gasteiger partial charge in [0.05, 0.1) is 5.92 Å². The Labute approximate surface area is 331 Å². The number of ketones is 2. The van der Waals surface area contributed by atoms with Crippen LogP contribution in [0, 0.1) is 5.92 Å². The molecule has 53 heavy (non-hydrogen) atoms. The van der Waals surface area contributed by atoms with Crippen molar-refractivity contribution in [2.45, 2.75) is 258 Å². The van der Waals surface area contributed by atoms with E-state index in [-0.39, 0.29) is 5.78 Å². The molecule has 0 fully saturated rings. The van der Waals surface area contributed by atoms with E-state index in [1.165, 1.54) is 148 Å². The zero-order chi connectivity index (χ0) is 38.6. The molecule has 1 radical (unpaired) electrons. The molecule has 0 saturated carbocycles. The van der Waals surface area contributed by atoms with Crippen LogP contribution in [0.3, 0.4) is 0 Å². The van der Waals surface area contributed by atoms with E-state index in [1.54, 1.807) is 0 Å². The summed E-state index contributed by atoms with van der Waals surface area (Å²) in [5, 5.41) is 0. The van der Waals surface area contributed by atoms with Crippen LogP contribution < -0.4 is 0 Å². The van der Waals surface area contributed by atoms with Crippen molar-refractivity contribution in [2.24, 2.45) is 5.92 Å². The SMILES string of the molecule is CCCCCCCCCCCCCCCC(=O)CCC=CCC=CCC=CCCCCCCC([C]=O)C(=O)CCCCCCCCCCCCCCC. The van der Waals surface area contributed by atoms with E-state index in [0.29, 0.717) is 25.0 Å². The van der Waals surface area contributed by atoms with E-state index < -0.39 is 5.92 Å². The lowest BCUT2D eigenvalue weighted by Gasteiger charge is -2.08. The van der Waals surface area contributed by atoms with Crippen LogP contribution in [-0.2, 0) is 14.4 Å². The van der Waals surface area contributed by atoms with Crippen LogP contribution in [0.4, 0.5) is 0 Å². The van der Waals surface area contributed by atoms with Gasteiger partial charge in [-0.1, -0.05) is 224 Å². The highest BCUT2D eigenvalue weighted by molar-refractivity contribution is 5.93. The zero-order valence-electron chi connectivity index (χ0n) is 35.6. The summed E-state index contributed by atoms with van der Waals surface area (Å²) in [5.41, 5.74) is 0. The third-order valence-electron chi connectivity index (χ3n) is 10.9. The third-order valence-corrected chi connectivity index (χ3v) is 10.9. The monoisotopic (exact) mass is 738 g/mol. The lowest BCUT2D eigenvalue weighted by atomic mass is 9.94. The first-order valence-electron chi connectivity index (χ1n) is 23.5. The molecule has 0 aromatic rings. The molecule has 0 amide bonds. The average molecular weight is 738 g/mol. The molecule has 0 rings (SSSR count). The second kappa shape index (κ2) is 44.6. The van der Waals surface area contributed by atoms with Crippen molar-refractivity contribution in [3.63, 3.8) is 0 Å². The normalized spacial score (nSPS) is 12.5. The molecule has 3 nitrogen and oxygen atoms in total. The van der Waals surface area contributed by atoms with E-state index in [4.69, 9.17) is 0 Å². The minimum absolute atomic E-state index is 0.111. The summed E-state index contributed by atoms with van der Waals surface area (Å²) in [6.07, 6.45) is 60.5. The van der Waals surface area contributed by atoms with Gasteiger partial charge in [0.1, 0.15) is 11.6 Å². The van der Waals surface area contributed by atoms with Gasteiger partial charge in [-0.15, -0.1) is 0 Å². The molecule has 0 saturated heterocycles. The summed E-state index contributed by atoms with van der Waals surface area (Å²) >= 11 is 0. The van der Waals surface area contributed by atoms with Crippen LogP contribution in [0.5, 0.6) is 0 Å². The first kappa shape index (κ1) is 51.2. The maximum atomic E-state index is 12.5. The molecular weight excluding hydrogens is 649 g/mol. The van der Waals surface area contributed by atoms with E-state index in [2.05, 4.69) is 50.3 Å². The largest absolute Gasteiger partial charge is 0.300 e. The fourth-order valence-electron chi connectivity index (χ4n) is 7.23. The number of hydrogen-bond donors (Lipinski definition) is 0. The van der Waals surface area contributed by atoms with Crippen LogP contribution >= 0.6 is 0 Å². The van der Waals surface area contributed by atoms with Crippen LogP contribution in [0.15, 0.2) is 36.5 Å². The Morgan fingerprint density at radius 2 is 0.755 bits per heavy atom. The quantitative estimate of drug-likeness (QED) is 0.0355. The van der Waals surface area contributed by atoms with Crippen molar-refractivity contribution in [1.29, 1.82) is 0 Å². The molecule has 0 aromatic heterocycles. The predicted molar refractivity (Wildman–Crippen MR) is 233 cm³/mol. The number of unbranched alkanes of at least 4 members (excludes halogenated alkanes) is 28. The van der Waals surface area contributed by atoms with Crippen molar-refractivity contribution in [3.05, 3.63) is 36.5 Å². The molecule has 1 atom stereocenters. The first-order chi connectivity index (χ1) is 26.2. The highest BCUT2D eigenvalue weighted by Gasteiger charge is 2.17. The minimum Gasteiger partial charge on any atom is -0.300 e. The van der Waals surface area contributed by atoms with Crippen molar-refractivity contribution in [3.8, 4) is 0 Å². The Hall–Kier alpha value is -1.77. The maximum absolute atomic E-state index is 12.5. The molecule has 0 N–H and O–H groups in total. The molecule has 0 aromatic carbocycles. The molecule has 1 unspecified atom stereocenters. The summed E-state index contributed by atoms with van der Waals surface area (Å²) in [7, 11) is 0. The molecule has 0 aliphatic heterocycles. The summed E-state index contributed by atoms with van der Waals surface area (Å²) < 4.78 is 0. The molecule has 0 spiro atoms. The fraction of sp³-hybridized carbons (Fsp3) is 0.820. The van der Waals surface area contributed by atoms with Gasteiger partial charge in [0.2, 0.25) is 6.29 Å². The summed E-state index contributed by atoms with van der Waals surface area (Å²) in [6, 6.07) is 0. The van der Waals surface area contributed by atoms with Gasteiger partial charge < -0.3 is 0 Å². The fourth-order valence-corrected chi connectivity index (χ4v) is 7.23. The van der Waals surface area contributed by atoms with Gasteiger partial charge >= 0.3 is 0 Å². The van der Waals surface area contributed by atoms with E-state index >= 15 is 0 Å². The molecule has 0 heterocycles. The summed E-state index contributed by atoms with van der Waals surface area (Å²) in [6.45, 7) is 4.55. The lowest BCUT2D eigenvalue weighted by Crippen LogP contribution is -2.15. The molecule has 0 bridgehead atoms. The Bertz CT molecular complexity index is 868. The van der Waals surface area contributed by atoms with Gasteiger partial charge in [0.15, 0.2) is 0 Å². The number of carbonyl (C=O) groups is 2. The molecule has 0 aliphatic carbocycles. The number of carbonyl (C=O) groups excluding carboxylic acids is 3. The van der Waals surface area contributed by atoms with Crippen LogP contribution in [0.2, 0.25) is 0 Å². The lowest BCUT2D eigenvalue weighted by molar-refractivity contribution is -0.121. The van der Waals surface area contributed by atoms with Crippen molar-refractivity contribution in [1.82, 2.24) is 0 Å². The van der Waals surface area contributed by atoms with E-state index in [1.807, 2.05) is 6.29 Å². The Morgan fingerprint density at radius 1 is 0.396 bits per heavy atom. The van der Waals surface area contributed by atoms with Gasteiger partial charge in [-0.05, 0) is 51.4 Å². The van der Waals surface area contributed by atoms with Crippen LogP contribution in [0.25, 0.3) is 0 Å². The number of hydrogen-bond acceptors (Lipinski definition) is 3. The zero-order valence-corrected chi connectivity index (χ0v) is 35.6. The van der Waals surface area contributed by atoms with E-state index in [9.17, 15) is 14.4 Å². The van der Waals surface area contributed by atoms with Crippen LogP contribution in [0.1, 0.15) is 258 Å². The smallest absolute Gasteiger partial charge is 0.209 e. The van der Waals surface area contributed by atoms with Gasteiger partial charge in [-0.3, -0.25) is 14.4 Å². The van der Waals surface area contributed by atoms with Gasteiger partial charge in [0, 0.05) is 19.3 Å². The third kappa shape index (κ3) is 41.2. The Balaban J connectivity index is 3.54. The summed E-state index contributed by atoms with van der Waals surface area (Å²) in [5.74, 6) is 0.0303. The van der Waals surface area contributed by atoms with Gasteiger partial charge in [-0.2, -0.15) is 0 Å². The van der Waals surface area contributed by atoms with Crippen molar-refractivity contribution >= 4 is 17.9 Å². The highest BCUT2D eigenvalue weighted by Crippen LogP contribution is 2.17. The molecule has 307 valence electrons. The molecule has 0 aliphatic rings. The second-order valence-corrected chi connectivity index (χ2v) is 16.1. The van der Waals surface area contributed by atoms with Gasteiger partial charge in [-0.25, -0.2) is 0 Å². The highest BCUT2D eigenvalue weighted by atomic mass is 16.1. The van der Waals surface area contributed by atoms with Crippen molar-refractivity contribution in [2.75, 3.05) is 0 Å². The number of Topliss-reactive ketones (excluding diaryl/α,β-unsaturated/α-hetero) is 2. The first-order valence-corrected chi connectivity index (χ1v) is 23.5. The van der Waals surface area contributed by atoms with Crippen LogP contribution in [-0.4, -0.2) is 17.9 Å². The van der Waals surface area contributed by atoms with Crippen molar-refractivity contribution < 1.29 is 14.4 Å². The summed E-state index contributed by atoms with van der Waals surface area (Å²) in [4.78, 5) is 36.1. The van der Waals surface area contributed by atoms with E-state index in [0.717, 1.165) is 77.0 Å². The van der Waals surface area contributed by atoms with Gasteiger partial charge in [0.25, 0.3) is 0 Å². The maximum Gasteiger partial charge on any atom is 0.209 e. The number of allylic oxidation sites excluding steroid dienone is 6. The minimum atomic E-state index is -0.505. The predicted octanol–water partition coefficient (Wildman–Crippen LogP) is 16.4. The number of rotatable bonds is 44. The Morgan fingerprint density at radius 3 is 1.21 bits per heavy atom. The standard InChI is InChI=1S/C50H89O3/c1-3-5-7-9-11-13-15-19-24-28-32-36-40-44-49(52)45-41-37-33-29-25-22-18-17-21-23-27-31-35-39-43-48(47-51)50(53)46-42-38-34-30-26-20-16-14-12-10-8-6-4-2/h17,21-22,25,33,37,48H,3-16,18-20,23-24,26-32,34-36,38-46H2,1-2H3. The topological polar surface area (TPSA) is 51.2 Å².